The monoisotopic (exact) mass is 314 g/mol. The molecule has 6 heteroatoms. The fraction of sp³-hybridized carbons (Fsp3) is 0.600. The van der Waals surface area contributed by atoms with Crippen LogP contribution in [-0.4, -0.2) is 28.1 Å². The Morgan fingerprint density at radius 3 is 2.38 bits per heavy atom. The Morgan fingerprint density at radius 2 is 1.86 bits per heavy atom. The summed E-state index contributed by atoms with van der Waals surface area (Å²) in [4.78, 5) is 0.189. The molecule has 0 fully saturated rings. The molecule has 1 aromatic carbocycles. The minimum Gasteiger partial charge on any atom is -0.495 e. The Kier molecular flexibility index (Phi) is 6.64. The zero-order valence-corrected chi connectivity index (χ0v) is 14.3. The molecule has 120 valence electrons. The molecule has 5 nitrogen and oxygen atoms in total. The minimum atomic E-state index is -3.56. The second-order valence-corrected chi connectivity index (χ2v) is 7.50. The number of benzene rings is 1. The molecule has 0 atom stereocenters. The molecule has 0 amide bonds. The quantitative estimate of drug-likeness (QED) is 0.771. The molecule has 21 heavy (non-hydrogen) atoms. The van der Waals surface area contributed by atoms with Gasteiger partial charge < -0.3 is 10.1 Å². The SMILES string of the molecule is COc1ccc(CNC(C)C)cc1S(=O)(=O)NCC(C)C. The molecule has 2 N–H and O–H groups in total. The Morgan fingerprint density at radius 1 is 1.19 bits per heavy atom. The van der Waals surface area contributed by atoms with Gasteiger partial charge in [-0.1, -0.05) is 33.8 Å². The third-order valence-corrected chi connectivity index (χ3v) is 4.36. The highest BCUT2D eigenvalue weighted by Crippen LogP contribution is 2.25. The van der Waals surface area contributed by atoms with E-state index in [0.717, 1.165) is 5.56 Å². The Labute approximate surface area is 128 Å². The summed E-state index contributed by atoms with van der Waals surface area (Å²) in [5.41, 5.74) is 0.912. The first-order valence-corrected chi connectivity index (χ1v) is 8.64. The topological polar surface area (TPSA) is 67.4 Å². The van der Waals surface area contributed by atoms with E-state index in [4.69, 9.17) is 4.74 Å². The van der Waals surface area contributed by atoms with Gasteiger partial charge in [-0.2, -0.15) is 0 Å². The number of nitrogens with one attached hydrogen (secondary N) is 2. The van der Waals surface area contributed by atoms with Gasteiger partial charge in [0.05, 0.1) is 7.11 Å². The molecule has 0 aliphatic rings. The fourth-order valence-corrected chi connectivity index (χ4v) is 3.15. The lowest BCUT2D eigenvalue weighted by Gasteiger charge is -2.14. The van der Waals surface area contributed by atoms with Gasteiger partial charge in [-0.25, -0.2) is 13.1 Å². The van der Waals surface area contributed by atoms with Crippen LogP contribution in [0.25, 0.3) is 0 Å². The summed E-state index contributed by atoms with van der Waals surface area (Å²) in [6.07, 6.45) is 0. The van der Waals surface area contributed by atoms with E-state index in [1.165, 1.54) is 7.11 Å². The maximum Gasteiger partial charge on any atom is 0.244 e. The minimum absolute atomic E-state index is 0.189. The second-order valence-electron chi connectivity index (χ2n) is 5.77. The Balaban J connectivity index is 3.04. The average Bonchev–Trinajstić information content (AvgIpc) is 2.42. The van der Waals surface area contributed by atoms with Crippen molar-refractivity contribution < 1.29 is 13.2 Å². The lowest BCUT2D eigenvalue weighted by molar-refractivity contribution is 0.401. The third-order valence-electron chi connectivity index (χ3n) is 2.91. The van der Waals surface area contributed by atoms with Crippen LogP contribution in [0.4, 0.5) is 0 Å². The van der Waals surface area contributed by atoms with Crippen LogP contribution in [0, 0.1) is 5.92 Å². The van der Waals surface area contributed by atoms with E-state index in [1.807, 2.05) is 33.8 Å². The van der Waals surface area contributed by atoms with Gasteiger partial charge in [-0.15, -0.1) is 0 Å². The summed E-state index contributed by atoms with van der Waals surface area (Å²) >= 11 is 0. The second kappa shape index (κ2) is 7.77. The molecular formula is C15H26N2O3S. The third kappa shape index (κ3) is 5.65. The van der Waals surface area contributed by atoms with Crippen LogP contribution in [0.3, 0.4) is 0 Å². The van der Waals surface area contributed by atoms with Crippen molar-refractivity contribution in [2.24, 2.45) is 5.92 Å². The Bertz CT molecular complexity index is 554. The summed E-state index contributed by atoms with van der Waals surface area (Å²) in [7, 11) is -2.09. The molecule has 0 saturated carbocycles. The van der Waals surface area contributed by atoms with Crippen molar-refractivity contribution in [2.75, 3.05) is 13.7 Å². The first kappa shape index (κ1) is 17.9. The first-order valence-electron chi connectivity index (χ1n) is 7.16. The lowest BCUT2D eigenvalue weighted by atomic mass is 10.2. The van der Waals surface area contributed by atoms with Gasteiger partial charge in [0.1, 0.15) is 10.6 Å². The van der Waals surface area contributed by atoms with Crippen molar-refractivity contribution in [3.63, 3.8) is 0 Å². The van der Waals surface area contributed by atoms with Crippen molar-refractivity contribution >= 4 is 10.0 Å². The standard InChI is InChI=1S/C15H26N2O3S/c1-11(2)9-17-21(18,19)15-8-13(10-16-12(3)4)6-7-14(15)20-5/h6-8,11-12,16-17H,9-10H2,1-5H3. The molecule has 0 saturated heterocycles. The molecule has 0 spiro atoms. The van der Waals surface area contributed by atoms with Gasteiger partial charge in [0, 0.05) is 19.1 Å². The molecule has 0 radical (unpaired) electrons. The number of methoxy groups -OCH3 is 1. The first-order chi connectivity index (χ1) is 9.76. The number of hydrogen-bond acceptors (Lipinski definition) is 4. The van der Waals surface area contributed by atoms with Gasteiger partial charge in [0.25, 0.3) is 0 Å². The number of sulfonamides is 1. The van der Waals surface area contributed by atoms with E-state index < -0.39 is 10.0 Å². The fourth-order valence-electron chi connectivity index (χ4n) is 1.72. The van der Waals surface area contributed by atoms with Crippen molar-refractivity contribution in [2.45, 2.75) is 45.2 Å². The smallest absolute Gasteiger partial charge is 0.244 e. The highest BCUT2D eigenvalue weighted by atomic mass is 32.2. The summed E-state index contributed by atoms with van der Waals surface area (Å²) in [5, 5.41) is 3.27. The van der Waals surface area contributed by atoms with E-state index in [1.54, 1.807) is 12.1 Å². The van der Waals surface area contributed by atoms with Gasteiger partial charge in [0.15, 0.2) is 0 Å². The molecule has 0 unspecified atom stereocenters. The molecule has 0 bridgehead atoms. The maximum atomic E-state index is 12.4. The highest BCUT2D eigenvalue weighted by molar-refractivity contribution is 7.89. The van der Waals surface area contributed by atoms with Crippen LogP contribution in [0.15, 0.2) is 23.1 Å². The van der Waals surface area contributed by atoms with E-state index in [-0.39, 0.29) is 10.8 Å². The van der Waals surface area contributed by atoms with Crippen LogP contribution in [0.5, 0.6) is 5.75 Å². The summed E-state index contributed by atoms with van der Waals surface area (Å²) < 4.78 is 32.6. The predicted molar refractivity (Wildman–Crippen MR) is 85.0 cm³/mol. The van der Waals surface area contributed by atoms with Crippen LogP contribution < -0.4 is 14.8 Å². The molecule has 0 aromatic heterocycles. The zero-order valence-electron chi connectivity index (χ0n) is 13.4. The summed E-state index contributed by atoms with van der Waals surface area (Å²) in [6.45, 7) is 9.04. The van der Waals surface area contributed by atoms with Crippen LogP contribution in [0.2, 0.25) is 0 Å². The number of hydrogen-bond donors (Lipinski definition) is 2. The lowest BCUT2D eigenvalue weighted by Crippen LogP contribution is -2.28. The average molecular weight is 314 g/mol. The molecular weight excluding hydrogens is 288 g/mol. The normalized spacial score (nSPS) is 12.1. The number of ether oxygens (including phenoxy) is 1. The summed E-state index contributed by atoms with van der Waals surface area (Å²) in [5.74, 6) is 0.608. The van der Waals surface area contributed by atoms with E-state index >= 15 is 0 Å². The predicted octanol–water partition coefficient (Wildman–Crippen LogP) is 2.13. The van der Waals surface area contributed by atoms with E-state index in [2.05, 4.69) is 10.0 Å². The van der Waals surface area contributed by atoms with Crippen LogP contribution in [0.1, 0.15) is 33.3 Å². The molecule has 1 rings (SSSR count). The van der Waals surface area contributed by atoms with Crippen LogP contribution >= 0.6 is 0 Å². The molecule has 0 aliphatic carbocycles. The maximum absolute atomic E-state index is 12.4. The van der Waals surface area contributed by atoms with Gasteiger partial charge >= 0.3 is 0 Å². The largest absolute Gasteiger partial charge is 0.495 e. The van der Waals surface area contributed by atoms with E-state index in [0.29, 0.717) is 24.9 Å². The van der Waals surface area contributed by atoms with Gasteiger partial charge in [0.2, 0.25) is 10.0 Å². The van der Waals surface area contributed by atoms with Crippen molar-refractivity contribution in [3.8, 4) is 5.75 Å². The molecule has 0 aliphatic heterocycles. The molecule has 1 aromatic rings. The molecule has 0 heterocycles. The van der Waals surface area contributed by atoms with Crippen molar-refractivity contribution in [1.82, 2.24) is 10.0 Å². The van der Waals surface area contributed by atoms with Crippen LogP contribution in [-0.2, 0) is 16.6 Å². The summed E-state index contributed by atoms with van der Waals surface area (Å²) in [6, 6.07) is 5.57. The van der Waals surface area contributed by atoms with E-state index in [9.17, 15) is 8.42 Å². The Hall–Kier alpha value is -1.11. The van der Waals surface area contributed by atoms with Gasteiger partial charge in [-0.05, 0) is 23.6 Å². The van der Waals surface area contributed by atoms with Crippen molar-refractivity contribution in [3.05, 3.63) is 23.8 Å². The zero-order chi connectivity index (χ0) is 16.0. The van der Waals surface area contributed by atoms with Crippen molar-refractivity contribution in [1.29, 1.82) is 0 Å². The highest BCUT2D eigenvalue weighted by Gasteiger charge is 2.20. The van der Waals surface area contributed by atoms with Gasteiger partial charge in [-0.3, -0.25) is 0 Å². The number of rotatable bonds is 8.